The monoisotopic (exact) mass is 818 g/mol. The van der Waals surface area contributed by atoms with Crippen molar-refractivity contribution in [2.45, 2.75) is 25.4 Å². The van der Waals surface area contributed by atoms with E-state index >= 15 is 0 Å². The van der Waals surface area contributed by atoms with E-state index in [1.165, 1.54) is 37.4 Å². The molecule has 2 aliphatic rings. The van der Waals surface area contributed by atoms with Crippen LogP contribution in [0.25, 0.3) is 16.9 Å². The Morgan fingerprint density at radius 1 is 1.04 bits per heavy atom. The number of nitrogen functional groups attached to an aromatic ring is 1. The second kappa shape index (κ2) is 16.5. The number of nitrogens with two attached hydrogens (primary N) is 1. The lowest BCUT2D eigenvalue weighted by Crippen LogP contribution is -2.58. The number of alkyl halides is 3. The molecule has 2 saturated heterocycles. The average Bonchev–Trinajstić information content (AvgIpc) is 3.78. The Bertz CT molecular complexity index is 2180. The van der Waals surface area contributed by atoms with Crippen LogP contribution in [0.15, 0.2) is 48.8 Å². The molecular formula is C37H41ClF4N9O6+. The number of amides is 3. The number of carbonyl (C=O) groups is 4. The summed E-state index contributed by atoms with van der Waals surface area (Å²) in [5.41, 5.74) is 3.81. The molecule has 4 heterocycles. The number of anilines is 2. The number of quaternary nitrogens is 1. The van der Waals surface area contributed by atoms with E-state index in [1.807, 2.05) is 0 Å². The Labute approximate surface area is 328 Å². The topological polar surface area (TPSA) is 189 Å². The van der Waals surface area contributed by atoms with Crippen LogP contribution in [0.5, 0.6) is 0 Å². The molecule has 2 fully saturated rings. The van der Waals surface area contributed by atoms with Crippen LogP contribution in [-0.4, -0.2) is 126 Å². The van der Waals surface area contributed by atoms with Gasteiger partial charge in [0.05, 0.1) is 47.7 Å². The lowest BCUT2D eigenvalue weighted by atomic mass is 9.92. The summed E-state index contributed by atoms with van der Waals surface area (Å²) < 4.78 is 59.0. The summed E-state index contributed by atoms with van der Waals surface area (Å²) >= 11 is 6.50. The zero-order valence-corrected chi connectivity index (χ0v) is 31.6. The van der Waals surface area contributed by atoms with Gasteiger partial charge in [-0.3, -0.25) is 14.4 Å². The summed E-state index contributed by atoms with van der Waals surface area (Å²) in [5.74, 6) is -3.52. The molecule has 3 amide bonds. The molecule has 2 aliphatic heterocycles. The van der Waals surface area contributed by atoms with E-state index in [0.717, 1.165) is 27.7 Å². The first kappa shape index (κ1) is 41.1. The van der Waals surface area contributed by atoms with Crippen molar-refractivity contribution < 1.29 is 51.4 Å². The van der Waals surface area contributed by atoms with Crippen LogP contribution in [0.4, 0.5) is 28.9 Å². The minimum Gasteiger partial charge on any atom is -0.477 e. The van der Waals surface area contributed by atoms with Gasteiger partial charge in [0.2, 0.25) is 5.91 Å². The Kier molecular flexibility index (Phi) is 11.9. The van der Waals surface area contributed by atoms with E-state index in [0.29, 0.717) is 56.5 Å². The third kappa shape index (κ3) is 8.89. The number of aliphatic hydroxyl groups is 1. The molecule has 20 heteroatoms. The van der Waals surface area contributed by atoms with Crippen LogP contribution >= 0.6 is 11.6 Å². The van der Waals surface area contributed by atoms with Gasteiger partial charge < -0.3 is 40.1 Å². The van der Waals surface area contributed by atoms with Crippen molar-refractivity contribution in [2.24, 2.45) is 13.0 Å². The highest BCUT2D eigenvalue weighted by atomic mass is 35.5. The van der Waals surface area contributed by atoms with Crippen molar-refractivity contribution in [1.82, 2.24) is 29.1 Å². The number of carboxylic acids is 1. The fraction of sp³-hybridized carbons (Fsp3) is 0.405. The lowest BCUT2D eigenvalue weighted by molar-refractivity contribution is -0.926. The van der Waals surface area contributed by atoms with Crippen LogP contribution < -0.4 is 11.1 Å². The minimum absolute atomic E-state index is 0.0280. The summed E-state index contributed by atoms with van der Waals surface area (Å²) in [6, 6.07) is 7.69. The smallest absolute Gasteiger partial charge is 0.435 e. The Morgan fingerprint density at radius 2 is 1.72 bits per heavy atom. The summed E-state index contributed by atoms with van der Waals surface area (Å²) in [4.78, 5) is 58.9. The second-order valence-electron chi connectivity index (χ2n) is 14.3. The van der Waals surface area contributed by atoms with E-state index in [9.17, 15) is 47.0 Å². The molecule has 2 aromatic carbocycles. The molecule has 5 N–H and O–H groups in total. The number of aromatic nitrogens is 4. The molecule has 2 aromatic heterocycles. The van der Waals surface area contributed by atoms with Gasteiger partial charge in [-0.25, -0.2) is 18.9 Å². The summed E-state index contributed by atoms with van der Waals surface area (Å²) in [5, 5.41) is 24.9. The molecule has 0 unspecified atom stereocenters. The van der Waals surface area contributed by atoms with Gasteiger partial charge in [0.15, 0.2) is 23.9 Å². The molecule has 15 nitrogen and oxygen atoms in total. The number of aliphatic carboxylic acids is 1. The first-order valence-corrected chi connectivity index (χ1v) is 18.5. The van der Waals surface area contributed by atoms with Gasteiger partial charge >= 0.3 is 12.1 Å². The lowest BCUT2D eigenvalue weighted by Gasteiger charge is -2.44. The number of piperazine rings is 1. The maximum Gasteiger partial charge on any atom is 0.435 e. The van der Waals surface area contributed by atoms with E-state index in [-0.39, 0.29) is 83.1 Å². The van der Waals surface area contributed by atoms with Crippen LogP contribution in [0.1, 0.15) is 45.9 Å². The van der Waals surface area contributed by atoms with Gasteiger partial charge in [0.1, 0.15) is 5.69 Å². The van der Waals surface area contributed by atoms with Gasteiger partial charge in [-0.05, 0) is 36.4 Å². The van der Waals surface area contributed by atoms with Gasteiger partial charge in [0, 0.05) is 82.6 Å². The highest BCUT2D eigenvalue weighted by Gasteiger charge is 2.41. The number of hydrogen-bond acceptors (Lipinski definition) is 8. The number of hydrogen-bond donors (Lipinski definition) is 4. The average molecular weight is 819 g/mol. The van der Waals surface area contributed by atoms with Crippen LogP contribution in [-0.2, 0) is 22.8 Å². The molecule has 0 atom stereocenters. The molecule has 4 aromatic rings. The van der Waals surface area contributed by atoms with Gasteiger partial charge in [0.25, 0.3) is 11.8 Å². The standard InChI is InChI=1S/C37H40ClF4N9O6/c1-47-30(26-20-50(46-32(26)37(40,41)42)29-6-3-23(43)17-28(29)39)19-44-33(47)34(55)45-24-4-5-25(27(38)18-24)36(57)49-11-9-48(10-12-49)35(56)22-7-14-51(15-8-22,13-2-16-52)21-31(53)54/h3-6,17-20,22,52H,2,7-16,21,43H2,1H3,(H-,45,53,54,55,57)/p+1. The Balaban J connectivity index is 1.07. The van der Waals surface area contributed by atoms with Crippen LogP contribution in [0, 0.1) is 11.7 Å². The van der Waals surface area contributed by atoms with Crippen molar-refractivity contribution in [2.75, 3.05) is 70.0 Å². The summed E-state index contributed by atoms with van der Waals surface area (Å²) in [7, 11) is 1.34. The number of piperidine rings is 1. The van der Waals surface area contributed by atoms with Gasteiger partial charge in [-0.15, -0.1) is 0 Å². The number of carbonyl (C=O) groups excluding carboxylic acids is 3. The van der Waals surface area contributed by atoms with Crippen LogP contribution in [0.2, 0.25) is 5.02 Å². The zero-order chi connectivity index (χ0) is 41.2. The number of halogens is 5. The van der Waals surface area contributed by atoms with Crippen molar-refractivity contribution in [1.29, 1.82) is 0 Å². The SMILES string of the molecule is Cn1c(-c2cn(-c3ccc(N)cc3F)nc2C(F)(F)F)cnc1C(=O)Nc1ccc(C(=O)N2CCN(C(=O)C3CC[N+](CCCO)(CC(=O)O)CC3)CC2)c(Cl)c1. The number of imidazole rings is 1. The number of nitrogens with one attached hydrogen (secondary N) is 1. The van der Waals surface area contributed by atoms with Crippen LogP contribution in [0.3, 0.4) is 0 Å². The normalized spacial score (nSPS) is 18.8. The number of likely N-dealkylation sites (tertiary alicyclic amines) is 1. The highest BCUT2D eigenvalue weighted by Crippen LogP contribution is 2.37. The van der Waals surface area contributed by atoms with Crippen molar-refractivity contribution in [3.63, 3.8) is 0 Å². The first-order chi connectivity index (χ1) is 27.0. The third-order valence-corrected chi connectivity index (χ3v) is 10.8. The molecule has 57 heavy (non-hydrogen) atoms. The highest BCUT2D eigenvalue weighted by molar-refractivity contribution is 6.34. The molecule has 0 spiro atoms. The number of carboxylic acid groups (broad SMARTS) is 1. The Morgan fingerprint density at radius 3 is 2.33 bits per heavy atom. The maximum atomic E-state index is 14.6. The van der Waals surface area contributed by atoms with Crippen molar-refractivity contribution >= 4 is 46.7 Å². The number of aliphatic hydroxyl groups excluding tert-OH is 1. The molecular weight excluding hydrogens is 778 g/mol. The zero-order valence-electron chi connectivity index (χ0n) is 30.8. The first-order valence-electron chi connectivity index (χ1n) is 18.1. The fourth-order valence-electron chi connectivity index (χ4n) is 7.50. The molecule has 0 radical (unpaired) electrons. The third-order valence-electron chi connectivity index (χ3n) is 10.5. The molecule has 0 bridgehead atoms. The molecule has 304 valence electrons. The predicted octanol–water partition coefficient (Wildman–Crippen LogP) is 3.90. The summed E-state index contributed by atoms with van der Waals surface area (Å²) in [6.07, 6.45) is -1.33. The van der Waals surface area contributed by atoms with E-state index < -0.39 is 35.1 Å². The van der Waals surface area contributed by atoms with Crippen molar-refractivity contribution in [3.05, 3.63) is 76.7 Å². The van der Waals surface area contributed by atoms with E-state index in [1.54, 1.807) is 9.80 Å². The Hall–Kier alpha value is -5.53. The van der Waals surface area contributed by atoms with Gasteiger partial charge in [-0.1, -0.05) is 11.6 Å². The quantitative estimate of drug-likeness (QED) is 0.0989. The number of rotatable bonds is 11. The minimum atomic E-state index is -4.94. The molecule has 6 rings (SSSR count). The second-order valence-corrected chi connectivity index (χ2v) is 14.7. The maximum absolute atomic E-state index is 14.6. The predicted molar refractivity (Wildman–Crippen MR) is 199 cm³/mol. The summed E-state index contributed by atoms with van der Waals surface area (Å²) in [6.45, 7) is 2.64. The number of benzene rings is 2. The number of nitrogens with zero attached hydrogens (tertiary/aromatic N) is 7. The molecule has 0 aliphatic carbocycles. The largest absolute Gasteiger partial charge is 0.477 e. The van der Waals surface area contributed by atoms with Crippen molar-refractivity contribution in [3.8, 4) is 16.9 Å². The molecule has 0 saturated carbocycles. The van der Waals surface area contributed by atoms with E-state index in [4.69, 9.17) is 17.3 Å². The van der Waals surface area contributed by atoms with E-state index in [2.05, 4.69) is 15.4 Å². The van der Waals surface area contributed by atoms with Gasteiger partial charge in [-0.2, -0.15) is 18.3 Å². The fourth-order valence-corrected chi connectivity index (χ4v) is 7.76.